The number of carbonyl (C=O) groups is 1. The Labute approximate surface area is 184 Å². The number of carbonyl (C=O) groups excluding carboxylic acids is 1. The van der Waals surface area contributed by atoms with E-state index in [0.717, 1.165) is 34.7 Å². The highest BCUT2D eigenvalue weighted by Gasteiger charge is 2.31. The largest absolute Gasteiger partial charge is 0.368 e. The topological polar surface area (TPSA) is 81.9 Å². The summed E-state index contributed by atoms with van der Waals surface area (Å²) in [5.41, 5.74) is 1.75. The monoisotopic (exact) mass is 435 g/mol. The number of thiazole rings is 1. The molecular weight excluding hydrogens is 413 g/mol. The lowest BCUT2D eigenvalue weighted by atomic mass is 10.0. The Balaban J connectivity index is 1.55. The van der Waals surface area contributed by atoms with Gasteiger partial charge in [-0.05, 0) is 56.0 Å². The van der Waals surface area contributed by atoms with E-state index in [1.807, 2.05) is 11.8 Å². The highest BCUT2D eigenvalue weighted by atomic mass is 32.1. The Bertz CT molecular complexity index is 1120. The van der Waals surface area contributed by atoms with Crippen molar-refractivity contribution < 1.29 is 9.18 Å². The Hall–Kier alpha value is -3.31. The van der Waals surface area contributed by atoms with Crippen molar-refractivity contribution in [3.8, 4) is 16.5 Å². The Kier molecular flexibility index (Phi) is 6.23. The zero-order valence-electron chi connectivity index (χ0n) is 17.1. The Morgan fingerprint density at radius 2 is 2.13 bits per heavy atom. The maximum Gasteiger partial charge on any atom is 0.274 e. The number of nitrogens with one attached hydrogen (secondary N) is 1. The van der Waals surface area contributed by atoms with Crippen molar-refractivity contribution >= 4 is 23.1 Å². The van der Waals surface area contributed by atoms with E-state index in [1.54, 1.807) is 30.5 Å². The summed E-state index contributed by atoms with van der Waals surface area (Å²) < 4.78 is 13.4. The average Bonchev–Trinajstić information content (AvgIpc) is 3.19. The van der Waals surface area contributed by atoms with Crippen molar-refractivity contribution in [2.45, 2.75) is 32.2 Å². The fourth-order valence-electron chi connectivity index (χ4n) is 3.80. The predicted octanol–water partition coefficient (Wildman–Crippen LogP) is 4.63. The molecule has 2 aromatic heterocycles. The first-order valence-corrected chi connectivity index (χ1v) is 11.0. The maximum atomic E-state index is 13.5. The van der Waals surface area contributed by atoms with Crippen LogP contribution in [0.5, 0.6) is 0 Å². The van der Waals surface area contributed by atoms with Crippen LogP contribution in [0.2, 0.25) is 0 Å². The van der Waals surface area contributed by atoms with Crippen LogP contribution in [0.15, 0.2) is 42.6 Å². The number of piperidine rings is 1. The smallest absolute Gasteiger partial charge is 0.274 e. The van der Waals surface area contributed by atoms with Crippen molar-refractivity contribution in [2.75, 3.05) is 18.4 Å². The maximum absolute atomic E-state index is 13.5. The van der Waals surface area contributed by atoms with E-state index in [0.29, 0.717) is 30.2 Å². The molecule has 0 radical (unpaired) electrons. The minimum Gasteiger partial charge on any atom is -0.368 e. The minimum absolute atomic E-state index is 0.00290. The third-order valence-corrected chi connectivity index (χ3v) is 6.36. The molecule has 0 spiro atoms. The molecule has 1 aromatic carbocycles. The van der Waals surface area contributed by atoms with Crippen LogP contribution in [0, 0.1) is 24.1 Å². The summed E-state index contributed by atoms with van der Waals surface area (Å²) in [6, 6.07) is 11.6. The number of nitrogens with zero attached hydrogens (tertiary/aromatic N) is 4. The molecule has 3 aromatic rings. The fourth-order valence-corrected chi connectivity index (χ4v) is 4.72. The van der Waals surface area contributed by atoms with Gasteiger partial charge in [-0.3, -0.25) is 4.79 Å². The zero-order chi connectivity index (χ0) is 21.8. The quantitative estimate of drug-likeness (QED) is 0.632. The van der Waals surface area contributed by atoms with Crippen LogP contribution in [-0.2, 0) is 0 Å². The summed E-state index contributed by atoms with van der Waals surface area (Å²) in [5.74, 6) is 0.205. The van der Waals surface area contributed by atoms with Crippen LogP contribution < -0.4 is 5.32 Å². The molecule has 1 fully saturated rings. The number of pyridine rings is 1. The number of amides is 1. The van der Waals surface area contributed by atoms with Gasteiger partial charge in [0.1, 0.15) is 17.3 Å². The van der Waals surface area contributed by atoms with Gasteiger partial charge >= 0.3 is 0 Å². The van der Waals surface area contributed by atoms with E-state index in [4.69, 9.17) is 5.26 Å². The highest BCUT2D eigenvalue weighted by molar-refractivity contribution is 7.15. The van der Waals surface area contributed by atoms with Gasteiger partial charge in [0, 0.05) is 25.3 Å². The van der Waals surface area contributed by atoms with Crippen LogP contribution >= 0.6 is 11.3 Å². The normalized spacial score (nSPS) is 16.0. The number of likely N-dealkylation sites (tertiary alicyclic amines) is 1. The number of nitriles is 1. The summed E-state index contributed by atoms with van der Waals surface area (Å²) >= 11 is 1.44. The molecule has 0 bridgehead atoms. The van der Waals surface area contributed by atoms with Crippen molar-refractivity contribution in [1.82, 2.24) is 14.9 Å². The second kappa shape index (κ2) is 9.23. The first-order valence-electron chi connectivity index (χ1n) is 10.2. The molecular formula is C23H22FN5OS. The van der Waals surface area contributed by atoms with Gasteiger partial charge < -0.3 is 10.2 Å². The van der Waals surface area contributed by atoms with Gasteiger partial charge in [0.25, 0.3) is 5.91 Å². The van der Waals surface area contributed by atoms with Gasteiger partial charge in [-0.15, -0.1) is 11.3 Å². The Morgan fingerprint density at radius 1 is 1.32 bits per heavy atom. The lowest BCUT2D eigenvalue weighted by Crippen LogP contribution is -2.47. The van der Waals surface area contributed by atoms with Crippen LogP contribution in [-0.4, -0.2) is 39.9 Å². The molecule has 8 heteroatoms. The van der Waals surface area contributed by atoms with Gasteiger partial charge in [-0.1, -0.05) is 12.1 Å². The number of aromatic nitrogens is 2. The molecule has 6 nitrogen and oxygen atoms in total. The van der Waals surface area contributed by atoms with Gasteiger partial charge in [0.05, 0.1) is 21.5 Å². The lowest BCUT2D eigenvalue weighted by Gasteiger charge is -2.35. The van der Waals surface area contributed by atoms with Gasteiger partial charge in [0.2, 0.25) is 0 Å². The van der Waals surface area contributed by atoms with Gasteiger partial charge in [-0.25, -0.2) is 14.4 Å². The van der Waals surface area contributed by atoms with Crippen molar-refractivity contribution in [2.24, 2.45) is 0 Å². The van der Waals surface area contributed by atoms with E-state index in [9.17, 15) is 9.18 Å². The van der Waals surface area contributed by atoms with E-state index in [1.165, 1.54) is 23.5 Å². The van der Waals surface area contributed by atoms with E-state index < -0.39 is 0 Å². The second-order valence-corrected chi connectivity index (χ2v) is 8.69. The second-order valence-electron chi connectivity index (χ2n) is 7.49. The molecule has 31 heavy (non-hydrogen) atoms. The van der Waals surface area contributed by atoms with Crippen molar-refractivity contribution in [3.63, 3.8) is 0 Å². The van der Waals surface area contributed by atoms with Crippen LogP contribution in [0.25, 0.3) is 10.4 Å². The lowest BCUT2D eigenvalue weighted by molar-refractivity contribution is 0.0623. The van der Waals surface area contributed by atoms with E-state index in [2.05, 4.69) is 21.4 Å². The summed E-state index contributed by atoms with van der Waals surface area (Å²) in [5, 5.41) is 13.1. The van der Waals surface area contributed by atoms with E-state index >= 15 is 0 Å². The summed E-state index contributed by atoms with van der Waals surface area (Å²) in [4.78, 5) is 24.9. The molecule has 0 aliphatic carbocycles. The summed E-state index contributed by atoms with van der Waals surface area (Å²) in [7, 11) is 0. The molecule has 4 rings (SSSR count). The molecule has 158 valence electrons. The number of rotatable bonds is 5. The van der Waals surface area contributed by atoms with Gasteiger partial charge in [0.15, 0.2) is 0 Å². The third kappa shape index (κ3) is 4.72. The van der Waals surface area contributed by atoms with Crippen molar-refractivity contribution in [3.05, 3.63) is 64.7 Å². The fraction of sp³-hybridized carbons (Fsp3) is 0.304. The highest BCUT2D eigenvalue weighted by Crippen LogP contribution is 2.32. The number of anilines is 1. The first kappa shape index (κ1) is 20.9. The number of halogens is 1. The standard InChI is InChI=1S/C23H22FN5OS/c1-15-28-21(22(31-15)17-5-7-18(24)8-6-17)23(30)29-11-3-2-4-19(29)14-27-20-12-16(13-25)9-10-26-20/h5-10,12,19H,2-4,11,14H2,1H3,(H,26,27). The van der Waals surface area contributed by atoms with Gasteiger partial charge in [-0.2, -0.15) is 5.26 Å². The molecule has 1 amide bonds. The van der Waals surface area contributed by atoms with E-state index in [-0.39, 0.29) is 17.8 Å². The predicted molar refractivity (Wildman–Crippen MR) is 118 cm³/mol. The minimum atomic E-state index is -0.311. The van der Waals surface area contributed by atoms with Crippen LogP contribution in [0.3, 0.4) is 0 Å². The summed E-state index contributed by atoms with van der Waals surface area (Å²) in [6.07, 6.45) is 4.46. The summed E-state index contributed by atoms with van der Waals surface area (Å²) in [6.45, 7) is 3.08. The zero-order valence-corrected chi connectivity index (χ0v) is 18.0. The molecule has 1 atom stereocenters. The molecule has 1 N–H and O–H groups in total. The number of benzene rings is 1. The average molecular weight is 436 g/mol. The first-order chi connectivity index (χ1) is 15.0. The molecule has 1 aliphatic heterocycles. The number of hydrogen-bond donors (Lipinski definition) is 1. The van der Waals surface area contributed by atoms with Crippen molar-refractivity contribution in [1.29, 1.82) is 5.26 Å². The number of hydrogen-bond acceptors (Lipinski definition) is 6. The molecule has 1 aliphatic rings. The molecule has 0 saturated carbocycles. The number of aryl methyl sites for hydroxylation is 1. The third-order valence-electron chi connectivity index (χ3n) is 5.34. The molecule has 1 unspecified atom stereocenters. The Morgan fingerprint density at radius 3 is 2.90 bits per heavy atom. The molecule has 3 heterocycles. The van der Waals surface area contributed by atoms with Crippen LogP contribution in [0.4, 0.5) is 10.2 Å². The van der Waals surface area contributed by atoms with Crippen LogP contribution in [0.1, 0.15) is 40.3 Å². The molecule has 1 saturated heterocycles. The SMILES string of the molecule is Cc1nc(C(=O)N2CCCCC2CNc2cc(C#N)ccn2)c(-c2ccc(F)cc2)s1.